The van der Waals surface area contributed by atoms with Gasteiger partial charge in [-0.2, -0.15) is 0 Å². The Labute approximate surface area is 219 Å². The van der Waals surface area contributed by atoms with E-state index in [4.69, 9.17) is 4.74 Å². The summed E-state index contributed by atoms with van der Waals surface area (Å²) in [5.74, 6) is 0.452. The molecule has 2 atom stereocenters. The lowest BCUT2D eigenvalue weighted by molar-refractivity contribution is -0.139. The number of fused-ring (bicyclic) bond motifs is 1. The Kier molecular flexibility index (Phi) is 7.49. The van der Waals surface area contributed by atoms with Gasteiger partial charge in [0.15, 0.2) is 0 Å². The molecule has 0 aliphatic carbocycles. The molecule has 2 aromatic carbocycles. The largest absolute Gasteiger partial charge is 0.497 e. The maximum Gasteiger partial charge on any atom is 0.263 e. The van der Waals surface area contributed by atoms with Crippen molar-refractivity contribution in [2.75, 3.05) is 38.2 Å². The number of nitrogens with zero attached hydrogens (tertiary/aromatic N) is 3. The average Bonchev–Trinajstić information content (AvgIpc) is 3.20. The third kappa shape index (κ3) is 4.96. The summed E-state index contributed by atoms with van der Waals surface area (Å²) in [7, 11) is 1.62. The van der Waals surface area contributed by atoms with E-state index in [9.17, 15) is 14.4 Å². The van der Waals surface area contributed by atoms with Gasteiger partial charge in [-0.1, -0.05) is 25.1 Å². The molecular weight excluding hydrogens is 466 g/mol. The van der Waals surface area contributed by atoms with Crippen molar-refractivity contribution >= 4 is 23.4 Å². The van der Waals surface area contributed by atoms with Gasteiger partial charge >= 0.3 is 0 Å². The Balaban J connectivity index is 1.32. The van der Waals surface area contributed by atoms with Crippen molar-refractivity contribution in [3.05, 3.63) is 59.2 Å². The van der Waals surface area contributed by atoms with Crippen LogP contribution in [0.15, 0.2) is 42.5 Å². The standard InChI is InChI=1S/C30H37N3O4/c1-3-23-11-4-5-17-32(23)28(34)22-10-8-16-31(20-22)26-14-7-13-25-27(26)30(36)33(29(25)35)18-15-21-9-6-12-24(19-21)37-2/h6-7,9,12-14,19,22-23H,3-5,8,10-11,15-18,20H2,1-2H3/t22-,23+/m0/s1. The molecule has 196 valence electrons. The Hall–Kier alpha value is -3.35. The minimum Gasteiger partial charge on any atom is -0.497 e. The highest BCUT2D eigenvalue weighted by atomic mass is 16.5. The second-order valence-electron chi connectivity index (χ2n) is 10.4. The van der Waals surface area contributed by atoms with E-state index in [-0.39, 0.29) is 23.6 Å². The van der Waals surface area contributed by atoms with E-state index in [0.29, 0.717) is 36.7 Å². The van der Waals surface area contributed by atoms with E-state index in [1.165, 1.54) is 11.3 Å². The fourth-order valence-electron chi connectivity index (χ4n) is 6.20. The number of ether oxygens (including phenoxy) is 1. The second kappa shape index (κ2) is 11.0. The molecule has 0 spiro atoms. The van der Waals surface area contributed by atoms with E-state index in [1.54, 1.807) is 13.2 Å². The molecule has 0 radical (unpaired) electrons. The first-order chi connectivity index (χ1) is 18.0. The number of benzene rings is 2. The summed E-state index contributed by atoms with van der Waals surface area (Å²) in [4.78, 5) is 45.9. The van der Waals surface area contributed by atoms with Gasteiger partial charge in [-0.05, 0) is 74.8 Å². The number of anilines is 1. The first-order valence-electron chi connectivity index (χ1n) is 13.7. The first kappa shape index (κ1) is 25.3. The highest BCUT2D eigenvalue weighted by molar-refractivity contribution is 6.23. The van der Waals surface area contributed by atoms with E-state index >= 15 is 0 Å². The monoisotopic (exact) mass is 503 g/mol. The molecule has 7 heteroatoms. The third-order valence-electron chi connectivity index (χ3n) is 8.23. The number of hydrogen-bond donors (Lipinski definition) is 0. The Bertz CT molecular complexity index is 1180. The van der Waals surface area contributed by atoms with E-state index in [0.717, 1.165) is 62.2 Å². The van der Waals surface area contributed by atoms with Crippen molar-refractivity contribution < 1.29 is 19.1 Å². The zero-order valence-corrected chi connectivity index (χ0v) is 21.9. The number of carbonyl (C=O) groups is 3. The van der Waals surface area contributed by atoms with Crippen LogP contribution in [-0.2, 0) is 11.2 Å². The molecule has 0 aromatic heterocycles. The van der Waals surface area contributed by atoms with Gasteiger partial charge in [0, 0.05) is 32.2 Å². The highest BCUT2D eigenvalue weighted by Crippen LogP contribution is 2.35. The minimum absolute atomic E-state index is 0.0758. The fourth-order valence-corrected chi connectivity index (χ4v) is 6.20. The molecular formula is C30H37N3O4. The Morgan fingerprint density at radius 3 is 2.65 bits per heavy atom. The number of piperidine rings is 2. The second-order valence-corrected chi connectivity index (χ2v) is 10.4. The van der Waals surface area contributed by atoms with Crippen molar-refractivity contribution in [2.24, 2.45) is 5.92 Å². The fraction of sp³-hybridized carbons (Fsp3) is 0.500. The van der Waals surface area contributed by atoms with Crippen LogP contribution >= 0.6 is 0 Å². The number of hydrogen-bond acceptors (Lipinski definition) is 5. The molecule has 0 bridgehead atoms. The van der Waals surface area contributed by atoms with Crippen molar-refractivity contribution in [3.63, 3.8) is 0 Å². The Morgan fingerprint density at radius 1 is 1.00 bits per heavy atom. The number of carbonyl (C=O) groups excluding carboxylic acids is 3. The van der Waals surface area contributed by atoms with Crippen LogP contribution in [0.2, 0.25) is 0 Å². The summed E-state index contributed by atoms with van der Waals surface area (Å²) in [6, 6.07) is 13.6. The van der Waals surface area contributed by atoms with E-state index in [2.05, 4.69) is 16.7 Å². The quantitative estimate of drug-likeness (QED) is 0.519. The summed E-state index contributed by atoms with van der Waals surface area (Å²) in [5, 5.41) is 0. The van der Waals surface area contributed by atoms with Crippen LogP contribution in [0.5, 0.6) is 5.75 Å². The summed E-state index contributed by atoms with van der Waals surface area (Å²) < 4.78 is 5.30. The van der Waals surface area contributed by atoms with Gasteiger partial charge in [-0.25, -0.2) is 0 Å². The van der Waals surface area contributed by atoms with Crippen molar-refractivity contribution in [3.8, 4) is 5.75 Å². The van der Waals surface area contributed by atoms with Crippen molar-refractivity contribution in [1.82, 2.24) is 9.80 Å². The smallest absolute Gasteiger partial charge is 0.263 e. The molecule has 0 N–H and O–H groups in total. The lowest BCUT2D eigenvalue weighted by atomic mass is 9.92. The Morgan fingerprint density at radius 2 is 1.84 bits per heavy atom. The topological polar surface area (TPSA) is 70.2 Å². The third-order valence-corrected chi connectivity index (χ3v) is 8.23. The first-order valence-corrected chi connectivity index (χ1v) is 13.7. The molecule has 37 heavy (non-hydrogen) atoms. The maximum absolute atomic E-state index is 13.5. The lowest BCUT2D eigenvalue weighted by Crippen LogP contribution is -2.50. The van der Waals surface area contributed by atoms with E-state index < -0.39 is 0 Å². The molecule has 7 nitrogen and oxygen atoms in total. The van der Waals surface area contributed by atoms with Crippen LogP contribution in [0.1, 0.15) is 71.7 Å². The SMILES string of the molecule is CC[C@@H]1CCCCN1C(=O)[C@H]1CCCN(c2cccc3c2C(=O)N(CCc2cccc(OC)c2)C3=O)C1. The number of methoxy groups -OCH3 is 1. The highest BCUT2D eigenvalue weighted by Gasteiger charge is 2.40. The summed E-state index contributed by atoms with van der Waals surface area (Å²) >= 11 is 0. The van der Waals surface area contributed by atoms with Crippen molar-refractivity contribution in [2.45, 2.75) is 57.9 Å². The van der Waals surface area contributed by atoms with Crippen LogP contribution in [0, 0.1) is 5.92 Å². The molecule has 2 saturated heterocycles. The van der Waals surface area contributed by atoms with Crippen LogP contribution in [-0.4, -0.2) is 66.9 Å². The molecule has 3 aliphatic rings. The number of rotatable bonds is 7. The van der Waals surface area contributed by atoms with Crippen LogP contribution in [0.4, 0.5) is 5.69 Å². The molecule has 0 unspecified atom stereocenters. The van der Waals surface area contributed by atoms with Crippen LogP contribution in [0.3, 0.4) is 0 Å². The van der Waals surface area contributed by atoms with Gasteiger partial charge in [0.2, 0.25) is 5.91 Å². The molecule has 3 amide bonds. The minimum atomic E-state index is -0.242. The summed E-state index contributed by atoms with van der Waals surface area (Å²) in [6.07, 6.45) is 6.69. The van der Waals surface area contributed by atoms with Gasteiger partial charge in [0.05, 0.1) is 29.8 Å². The molecule has 3 heterocycles. The van der Waals surface area contributed by atoms with Crippen LogP contribution < -0.4 is 9.64 Å². The van der Waals surface area contributed by atoms with Crippen molar-refractivity contribution in [1.29, 1.82) is 0 Å². The lowest BCUT2D eigenvalue weighted by Gasteiger charge is -2.41. The van der Waals surface area contributed by atoms with Gasteiger partial charge < -0.3 is 14.5 Å². The zero-order chi connectivity index (χ0) is 25.9. The predicted molar refractivity (Wildman–Crippen MR) is 143 cm³/mol. The number of likely N-dealkylation sites (tertiary alicyclic amines) is 1. The maximum atomic E-state index is 13.5. The van der Waals surface area contributed by atoms with Gasteiger partial charge in [-0.3, -0.25) is 19.3 Å². The number of imide groups is 1. The molecule has 2 fully saturated rings. The average molecular weight is 504 g/mol. The van der Waals surface area contributed by atoms with Crippen LogP contribution in [0.25, 0.3) is 0 Å². The van der Waals surface area contributed by atoms with Gasteiger partial charge in [-0.15, -0.1) is 0 Å². The normalized spacial score (nSPS) is 21.8. The predicted octanol–water partition coefficient (Wildman–Crippen LogP) is 4.54. The number of amides is 3. The van der Waals surface area contributed by atoms with Gasteiger partial charge in [0.1, 0.15) is 5.75 Å². The molecule has 5 rings (SSSR count). The van der Waals surface area contributed by atoms with Gasteiger partial charge in [0.25, 0.3) is 11.8 Å². The summed E-state index contributed by atoms with van der Waals surface area (Å²) in [5.41, 5.74) is 2.74. The summed E-state index contributed by atoms with van der Waals surface area (Å²) in [6.45, 7) is 4.70. The molecule has 2 aromatic rings. The molecule has 3 aliphatic heterocycles. The zero-order valence-electron chi connectivity index (χ0n) is 21.9. The molecule has 0 saturated carbocycles. The van der Waals surface area contributed by atoms with E-state index in [1.807, 2.05) is 36.4 Å².